The van der Waals surface area contributed by atoms with Gasteiger partial charge in [0.1, 0.15) is 0 Å². The molecular formula is C13H17BrINO. The molecule has 0 unspecified atom stereocenters. The molecule has 0 aliphatic rings. The van der Waals surface area contributed by atoms with Crippen LogP contribution in [0.2, 0.25) is 0 Å². The maximum Gasteiger partial charge on any atom is 0.255 e. The number of hydrogen-bond acceptors (Lipinski definition) is 1. The summed E-state index contributed by atoms with van der Waals surface area (Å²) < 4.78 is 1.94. The highest BCUT2D eigenvalue weighted by Crippen LogP contribution is 2.22. The monoisotopic (exact) mass is 409 g/mol. The van der Waals surface area contributed by atoms with Gasteiger partial charge in [0.25, 0.3) is 5.91 Å². The molecule has 0 saturated carbocycles. The van der Waals surface area contributed by atoms with Crippen LogP contribution in [0.4, 0.5) is 0 Å². The van der Waals surface area contributed by atoms with E-state index in [4.69, 9.17) is 0 Å². The van der Waals surface area contributed by atoms with Gasteiger partial charge < -0.3 is 4.90 Å². The fraction of sp³-hybridized carbons (Fsp3) is 0.462. The molecule has 94 valence electrons. The summed E-state index contributed by atoms with van der Waals surface area (Å²) in [5.74, 6) is 0.104. The first-order chi connectivity index (χ1) is 7.97. The van der Waals surface area contributed by atoms with E-state index in [1.54, 1.807) is 0 Å². The van der Waals surface area contributed by atoms with Gasteiger partial charge in [-0.05, 0) is 77.0 Å². The normalized spacial score (nSPS) is 10.7. The highest BCUT2D eigenvalue weighted by molar-refractivity contribution is 14.1. The van der Waals surface area contributed by atoms with Crippen LogP contribution in [0.1, 0.15) is 37.6 Å². The zero-order valence-electron chi connectivity index (χ0n) is 10.3. The molecule has 0 aliphatic heterocycles. The molecule has 0 fully saturated rings. The minimum Gasteiger partial charge on any atom is -0.336 e. The lowest BCUT2D eigenvalue weighted by atomic mass is 10.1. The predicted molar refractivity (Wildman–Crippen MR) is 83.3 cm³/mol. The van der Waals surface area contributed by atoms with Crippen LogP contribution in [0, 0.1) is 3.57 Å². The molecule has 0 aromatic heterocycles. The van der Waals surface area contributed by atoms with E-state index < -0.39 is 0 Å². The molecule has 0 atom stereocenters. The number of hydrogen-bond donors (Lipinski definition) is 0. The summed E-state index contributed by atoms with van der Waals surface area (Å²) in [4.78, 5) is 14.4. The first-order valence-corrected chi connectivity index (χ1v) is 7.60. The summed E-state index contributed by atoms with van der Waals surface area (Å²) in [5.41, 5.74) is 0.749. The average molecular weight is 410 g/mol. The Labute approximate surface area is 125 Å². The lowest BCUT2D eigenvalue weighted by molar-refractivity contribution is 0.0705. The van der Waals surface area contributed by atoms with E-state index in [0.29, 0.717) is 0 Å². The predicted octanol–water partition coefficient (Wildman–Crippen LogP) is 4.31. The van der Waals surface area contributed by atoms with Gasteiger partial charge in [-0.3, -0.25) is 4.79 Å². The highest BCUT2D eigenvalue weighted by Gasteiger charge is 2.20. The van der Waals surface area contributed by atoms with Crippen LogP contribution in [0.15, 0.2) is 22.7 Å². The molecule has 0 N–H and O–H groups in total. The van der Waals surface area contributed by atoms with E-state index in [9.17, 15) is 4.79 Å². The lowest BCUT2D eigenvalue weighted by Crippen LogP contribution is -2.37. The molecule has 2 nitrogen and oxygen atoms in total. The van der Waals surface area contributed by atoms with Crippen LogP contribution in [0.3, 0.4) is 0 Å². The smallest absolute Gasteiger partial charge is 0.255 e. The maximum atomic E-state index is 12.4. The Balaban J connectivity index is 3.04. The minimum absolute atomic E-state index is 0.104. The molecule has 0 saturated heterocycles. The van der Waals surface area contributed by atoms with Crippen LogP contribution in [-0.4, -0.2) is 23.4 Å². The number of benzene rings is 1. The Morgan fingerprint density at radius 3 is 2.65 bits per heavy atom. The van der Waals surface area contributed by atoms with Gasteiger partial charge in [-0.25, -0.2) is 0 Å². The number of carbonyl (C=O) groups excluding carboxylic acids is 1. The second-order valence-electron chi connectivity index (χ2n) is 4.22. The number of carbonyl (C=O) groups is 1. The molecule has 1 amide bonds. The summed E-state index contributed by atoms with van der Waals surface area (Å²) in [5, 5.41) is 0. The Hall–Kier alpha value is -0.100. The molecule has 17 heavy (non-hydrogen) atoms. The van der Waals surface area contributed by atoms with Crippen LogP contribution in [0.5, 0.6) is 0 Å². The molecule has 0 heterocycles. The summed E-state index contributed by atoms with van der Waals surface area (Å²) in [6.45, 7) is 6.99. The van der Waals surface area contributed by atoms with E-state index in [-0.39, 0.29) is 11.9 Å². The Morgan fingerprint density at radius 1 is 1.47 bits per heavy atom. The number of amides is 1. The van der Waals surface area contributed by atoms with Gasteiger partial charge in [0, 0.05) is 20.6 Å². The van der Waals surface area contributed by atoms with Gasteiger partial charge in [0.05, 0.1) is 5.56 Å². The highest BCUT2D eigenvalue weighted by atomic mass is 127. The first-order valence-electron chi connectivity index (χ1n) is 5.73. The number of nitrogens with zero attached hydrogens (tertiary/aromatic N) is 1. The number of halogens is 2. The van der Waals surface area contributed by atoms with Crippen molar-refractivity contribution in [2.45, 2.75) is 33.2 Å². The van der Waals surface area contributed by atoms with Crippen molar-refractivity contribution in [3.63, 3.8) is 0 Å². The van der Waals surface area contributed by atoms with Gasteiger partial charge in [-0.1, -0.05) is 6.92 Å². The van der Waals surface area contributed by atoms with E-state index in [0.717, 1.165) is 26.6 Å². The van der Waals surface area contributed by atoms with Crippen molar-refractivity contribution in [1.29, 1.82) is 0 Å². The summed E-state index contributed by atoms with van der Waals surface area (Å²) in [6, 6.07) is 6.07. The second kappa shape index (κ2) is 6.73. The lowest BCUT2D eigenvalue weighted by Gasteiger charge is -2.26. The third kappa shape index (κ3) is 3.95. The van der Waals surface area contributed by atoms with E-state index >= 15 is 0 Å². The van der Waals surface area contributed by atoms with Gasteiger partial charge in [0.15, 0.2) is 0 Å². The van der Waals surface area contributed by atoms with Crippen molar-refractivity contribution >= 4 is 44.4 Å². The van der Waals surface area contributed by atoms with Crippen molar-refractivity contribution in [2.24, 2.45) is 0 Å². The van der Waals surface area contributed by atoms with Crippen LogP contribution < -0.4 is 0 Å². The number of rotatable bonds is 4. The molecule has 0 spiro atoms. The summed E-state index contributed by atoms with van der Waals surface area (Å²) in [6.07, 6.45) is 0.978. The van der Waals surface area contributed by atoms with Crippen LogP contribution in [0.25, 0.3) is 0 Å². The Kier molecular flexibility index (Phi) is 5.92. The molecule has 1 aromatic rings. The molecule has 4 heteroatoms. The quantitative estimate of drug-likeness (QED) is 0.678. The standard InChI is InChI=1S/C13H17BrINO/c1-4-7-16(9(2)3)13(17)11-8-10(15)5-6-12(11)14/h5-6,8-9H,4,7H2,1-3H3. The fourth-order valence-corrected chi connectivity index (χ4v) is 2.56. The summed E-state index contributed by atoms with van der Waals surface area (Å²) in [7, 11) is 0. The zero-order valence-corrected chi connectivity index (χ0v) is 14.1. The third-order valence-electron chi connectivity index (χ3n) is 2.51. The molecule has 1 rings (SSSR count). The fourth-order valence-electron chi connectivity index (χ4n) is 1.65. The Bertz CT molecular complexity index is 406. The Morgan fingerprint density at radius 2 is 2.12 bits per heavy atom. The van der Waals surface area contributed by atoms with Crippen molar-refractivity contribution < 1.29 is 4.79 Å². The molecule has 0 radical (unpaired) electrons. The molecule has 0 aliphatic carbocycles. The van der Waals surface area contributed by atoms with E-state index in [2.05, 4.69) is 59.3 Å². The van der Waals surface area contributed by atoms with Crippen molar-refractivity contribution in [3.8, 4) is 0 Å². The molecular weight excluding hydrogens is 393 g/mol. The first kappa shape index (κ1) is 15.0. The zero-order chi connectivity index (χ0) is 13.0. The minimum atomic E-state index is 0.104. The van der Waals surface area contributed by atoms with E-state index in [1.165, 1.54) is 0 Å². The van der Waals surface area contributed by atoms with Gasteiger partial charge in [-0.15, -0.1) is 0 Å². The van der Waals surface area contributed by atoms with Crippen molar-refractivity contribution in [3.05, 3.63) is 31.8 Å². The average Bonchev–Trinajstić information content (AvgIpc) is 2.28. The maximum absolute atomic E-state index is 12.4. The molecule has 0 bridgehead atoms. The van der Waals surface area contributed by atoms with Gasteiger partial charge in [0.2, 0.25) is 0 Å². The van der Waals surface area contributed by atoms with E-state index in [1.807, 2.05) is 23.1 Å². The third-order valence-corrected chi connectivity index (χ3v) is 3.87. The van der Waals surface area contributed by atoms with Crippen LogP contribution in [-0.2, 0) is 0 Å². The van der Waals surface area contributed by atoms with Crippen LogP contribution >= 0.6 is 38.5 Å². The second-order valence-corrected chi connectivity index (χ2v) is 6.32. The van der Waals surface area contributed by atoms with Crippen molar-refractivity contribution in [1.82, 2.24) is 4.90 Å². The molecule has 1 aromatic carbocycles. The van der Waals surface area contributed by atoms with Gasteiger partial charge >= 0.3 is 0 Å². The van der Waals surface area contributed by atoms with Crippen molar-refractivity contribution in [2.75, 3.05) is 6.54 Å². The topological polar surface area (TPSA) is 20.3 Å². The largest absolute Gasteiger partial charge is 0.336 e. The SMILES string of the molecule is CCCN(C(=O)c1cc(I)ccc1Br)C(C)C. The van der Waals surface area contributed by atoms with Gasteiger partial charge in [-0.2, -0.15) is 0 Å². The summed E-state index contributed by atoms with van der Waals surface area (Å²) >= 11 is 5.67.